The highest BCUT2D eigenvalue weighted by Crippen LogP contribution is 2.65. The summed E-state index contributed by atoms with van der Waals surface area (Å²) < 4.78 is 20.7. The highest BCUT2D eigenvalue weighted by atomic mass is 16.7. The summed E-state index contributed by atoms with van der Waals surface area (Å²) in [4.78, 5) is 31.1. The van der Waals surface area contributed by atoms with Gasteiger partial charge in [0, 0.05) is 25.9 Å². The van der Waals surface area contributed by atoms with Gasteiger partial charge in [0.05, 0.1) is 17.6 Å². The van der Waals surface area contributed by atoms with E-state index in [-0.39, 0.29) is 35.4 Å². The number of carbonyl (C=O) groups is 2. The molecule has 1 aromatic heterocycles. The Labute approximate surface area is 250 Å². The first kappa shape index (κ1) is 30.6. The fourth-order valence-electron chi connectivity index (χ4n) is 7.24. The Balaban J connectivity index is 1.33. The van der Waals surface area contributed by atoms with E-state index in [0.29, 0.717) is 24.1 Å². The Kier molecular flexibility index (Phi) is 8.51. The molecule has 2 aromatic rings. The number of rotatable bonds is 10. The molecule has 3 aliphatic carbocycles. The van der Waals surface area contributed by atoms with Crippen LogP contribution in [0.2, 0.25) is 0 Å². The quantitative estimate of drug-likeness (QED) is 0.399. The molecule has 42 heavy (non-hydrogen) atoms. The van der Waals surface area contributed by atoms with Crippen LogP contribution in [0.15, 0.2) is 42.7 Å². The van der Waals surface area contributed by atoms with Gasteiger partial charge in [0.2, 0.25) is 5.91 Å². The van der Waals surface area contributed by atoms with Gasteiger partial charge in [-0.25, -0.2) is 9.78 Å². The first-order valence-electron chi connectivity index (χ1n) is 15.4. The van der Waals surface area contributed by atoms with Gasteiger partial charge < -0.3 is 29.2 Å². The second kappa shape index (κ2) is 11.7. The summed E-state index contributed by atoms with van der Waals surface area (Å²) in [6, 6.07) is 9.46. The number of imidazole rings is 1. The summed E-state index contributed by atoms with van der Waals surface area (Å²) in [5.74, 6) is 1.04. The number of aromatic nitrogens is 2. The van der Waals surface area contributed by atoms with Gasteiger partial charge in [-0.2, -0.15) is 0 Å². The van der Waals surface area contributed by atoms with E-state index in [9.17, 15) is 9.59 Å². The number of ether oxygens (including phenoxy) is 1. The zero-order chi connectivity index (χ0) is 30.3. The number of benzene rings is 1. The molecule has 228 valence electrons. The smallest absolute Gasteiger partial charge is 0.444 e. The monoisotopic (exact) mass is 578 g/mol. The number of alkyl carbamates (subject to hydrolysis) is 1. The molecule has 6 rings (SSSR count). The van der Waals surface area contributed by atoms with Crippen LogP contribution >= 0.6 is 0 Å². The average Bonchev–Trinajstić information content (AvgIpc) is 3.48. The SMILES string of the molecule is Cn1ccnc1CC(NC(=O)OC(C)(C)C)C(=O)N[C@@H](CCCc1ccccc1)B1O[C@@H]2C[C@@H]3C[C@@H](C3(C)C)[C@]2(C)O1. The van der Waals surface area contributed by atoms with E-state index in [0.717, 1.165) is 25.7 Å². The van der Waals surface area contributed by atoms with Crippen molar-refractivity contribution in [2.24, 2.45) is 24.3 Å². The summed E-state index contributed by atoms with van der Waals surface area (Å²) in [6.07, 6.45) is 7.62. The molecule has 1 unspecified atom stereocenters. The summed E-state index contributed by atoms with van der Waals surface area (Å²) in [5.41, 5.74) is 0.394. The molecule has 2 N–H and O–H groups in total. The molecule has 0 radical (unpaired) electrons. The maximum Gasteiger partial charge on any atom is 0.481 e. The molecular weight excluding hydrogens is 531 g/mol. The van der Waals surface area contributed by atoms with Crippen LogP contribution in [-0.2, 0) is 38.7 Å². The molecule has 9 nitrogen and oxygen atoms in total. The van der Waals surface area contributed by atoms with Gasteiger partial charge in [-0.3, -0.25) is 4.79 Å². The third-order valence-corrected chi connectivity index (χ3v) is 9.76. The van der Waals surface area contributed by atoms with Crippen molar-refractivity contribution in [1.82, 2.24) is 20.2 Å². The van der Waals surface area contributed by atoms with Gasteiger partial charge in [-0.05, 0) is 82.6 Å². The molecule has 0 spiro atoms. The molecule has 1 saturated heterocycles. The van der Waals surface area contributed by atoms with Crippen LogP contribution in [-0.4, -0.2) is 58.0 Å². The normalized spacial score (nSPS) is 27.4. The maximum absolute atomic E-state index is 13.9. The minimum absolute atomic E-state index is 0.0102. The molecular formula is C32H47BN4O5. The van der Waals surface area contributed by atoms with E-state index in [2.05, 4.69) is 48.5 Å². The van der Waals surface area contributed by atoms with Gasteiger partial charge in [-0.1, -0.05) is 44.2 Å². The van der Waals surface area contributed by atoms with Crippen LogP contribution in [0.25, 0.3) is 0 Å². The lowest BCUT2D eigenvalue weighted by molar-refractivity contribution is -0.199. The van der Waals surface area contributed by atoms with E-state index in [4.69, 9.17) is 14.0 Å². The largest absolute Gasteiger partial charge is 0.481 e. The summed E-state index contributed by atoms with van der Waals surface area (Å²) in [5, 5.41) is 6.02. The zero-order valence-corrected chi connectivity index (χ0v) is 26.2. The fraction of sp³-hybridized carbons (Fsp3) is 0.656. The number of nitrogens with one attached hydrogen (secondary N) is 2. The van der Waals surface area contributed by atoms with Crippen molar-refractivity contribution in [3.8, 4) is 0 Å². The first-order valence-corrected chi connectivity index (χ1v) is 15.4. The van der Waals surface area contributed by atoms with Crippen LogP contribution in [0.3, 0.4) is 0 Å². The van der Waals surface area contributed by atoms with E-state index < -0.39 is 24.9 Å². The Hall–Kier alpha value is -2.85. The molecule has 6 atom stereocenters. The van der Waals surface area contributed by atoms with Crippen molar-refractivity contribution in [3.05, 3.63) is 54.1 Å². The van der Waals surface area contributed by atoms with Crippen molar-refractivity contribution < 1.29 is 23.6 Å². The fourth-order valence-corrected chi connectivity index (χ4v) is 7.24. The first-order chi connectivity index (χ1) is 19.8. The number of nitrogens with zero attached hydrogens (tertiary/aromatic N) is 2. The third-order valence-electron chi connectivity index (χ3n) is 9.76. The molecule has 2 bridgehead atoms. The number of aryl methyl sites for hydroxylation is 2. The topological polar surface area (TPSA) is 104 Å². The number of carbonyl (C=O) groups excluding carboxylic acids is 2. The predicted molar refractivity (Wildman–Crippen MR) is 161 cm³/mol. The molecule has 4 aliphatic rings. The Bertz CT molecular complexity index is 1260. The van der Waals surface area contributed by atoms with Gasteiger partial charge in [0.25, 0.3) is 0 Å². The summed E-state index contributed by atoms with van der Waals surface area (Å²) in [7, 11) is 1.30. The lowest BCUT2D eigenvalue weighted by Gasteiger charge is -2.64. The lowest BCUT2D eigenvalue weighted by atomic mass is 9.43. The van der Waals surface area contributed by atoms with Crippen molar-refractivity contribution in [2.45, 2.75) is 109 Å². The number of amides is 2. The van der Waals surface area contributed by atoms with Gasteiger partial charge in [-0.15, -0.1) is 0 Å². The predicted octanol–water partition coefficient (Wildman–Crippen LogP) is 4.63. The minimum atomic E-state index is -0.886. The second-order valence-corrected chi connectivity index (χ2v) is 14.2. The van der Waals surface area contributed by atoms with Crippen molar-refractivity contribution >= 4 is 19.1 Å². The summed E-state index contributed by atoms with van der Waals surface area (Å²) in [6.45, 7) is 12.3. The maximum atomic E-state index is 13.9. The van der Waals surface area contributed by atoms with E-state index >= 15 is 0 Å². The number of hydrogen-bond acceptors (Lipinski definition) is 6. The molecule has 4 fully saturated rings. The van der Waals surface area contributed by atoms with Gasteiger partial charge in [0.1, 0.15) is 17.5 Å². The van der Waals surface area contributed by atoms with Gasteiger partial charge in [0.15, 0.2) is 0 Å². The van der Waals surface area contributed by atoms with Crippen LogP contribution in [0, 0.1) is 17.3 Å². The standard InChI is InChI=1S/C32H47BN4O5/c1-30(2,3)40-29(39)35-23(20-27-34-16-17-37(27)7)28(38)36-26(15-11-14-21-12-9-8-10-13-21)33-41-25-19-22-18-24(31(22,4)5)32(25,6)42-33/h8-10,12-13,16-17,22-26H,11,14-15,18-20H2,1-7H3,(H,35,39)(H,36,38)/t22-,23?,24-,25+,26-,32-/m0/s1. The van der Waals surface area contributed by atoms with Crippen molar-refractivity contribution in [3.63, 3.8) is 0 Å². The molecule has 10 heteroatoms. The van der Waals surface area contributed by atoms with Crippen molar-refractivity contribution in [1.29, 1.82) is 0 Å². The van der Waals surface area contributed by atoms with E-state index in [1.165, 1.54) is 5.56 Å². The lowest BCUT2D eigenvalue weighted by Crippen LogP contribution is -2.65. The van der Waals surface area contributed by atoms with Crippen LogP contribution in [0.4, 0.5) is 4.79 Å². The van der Waals surface area contributed by atoms with Crippen LogP contribution in [0.5, 0.6) is 0 Å². The van der Waals surface area contributed by atoms with E-state index in [1.54, 1.807) is 27.0 Å². The zero-order valence-electron chi connectivity index (χ0n) is 26.2. The minimum Gasteiger partial charge on any atom is -0.444 e. The highest BCUT2D eigenvalue weighted by Gasteiger charge is 2.68. The van der Waals surface area contributed by atoms with Crippen LogP contribution < -0.4 is 10.6 Å². The number of hydrogen-bond donors (Lipinski definition) is 2. The highest BCUT2D eigenvalue weighted by molar-refractivity contribution is 6.47. The average molecular weight is 579 g/mol. The Morgan fingerprint density at radius 2 is 1.90 bits per heavy atom. The molecule has 3 saturated carbocycles. The third kappa shape index (κ3) is 6.39. The summed E-state index contributed by atoms with van der Waals surface area (Å²) >= 11 is 0. The molecule has 1 aliphatic heterocycles. The van der Waals surface area contributed by atoms with Gasteiger partial charge >= 0.3 is 13.2 Å². The molecule has 1 aromatic carbocycles. The Morgan fingerprint density at radius 1 is 1.17 bits per heavy atom. The molecule has 2 heterocycles. The Morgan fingerprint density at radius 3 is 2.55 bits per heavy atom. The molecule has 2 amide bonds. The van der Waals surface area contributed by atoms with E-state index in [1.807, 2.05) is 36.0 Å². The second-order valence-electron chi connectivity index (χ2n) is 14.2. The van der Waals surface area contributed by atoms with Crippen molar-refractivity contribution in [2.75, 3.05) is 0 Å². The van der Waals surface area contributed by atoms with Crippen LogP contribution in [0.1, 0.15) is 78.6 Å².